The largest absolute Gasteiger partial charge is 0.493 e. The SMILES string of the molecule is CCC[C@H](NC(=O)[C@@H]1C[C@]2(CC(c3cc(C)c(OCC)c(C)c3)=NO2)CN1C(=O)[C@@H](NC(=O)[C@H]1C[C@@H]1c1ccc(F)cc1)C(C)(C)C)C(=O)C(=O)NC1CC1. The number of halogens is 1. The normalized spacial score (nSPS) is 24.0. The first-order valence-corrected chi connectivity index (χ1v) is 19.5. The summed E-state index contributed by atoms with van der Waals surface area (Å²) in [5.74, 6) is -2.83. The highest BCUT2D eigenvalue weighted by molar-refractivity contribution is 6.38. The molecule has 4 aliphatic rings. The topological polar surface area (TPSA) is 156 Å². The lowest BCUT2D eigenvalue weighted by Gasteiger charge is -2.35. The maximum Gasteiger partial charge on any atom is 0.289 e. The Kier molecular flexibility index (Phi) is 11.4. The van der Waals surface area contributed by atoms with Crippen molar-refractivity contribution in [1.29, 1.82) is 0 Å². The molecule has 1 saturated heterocycles. The fourth-order valence-electron chi connectivity index (χ4n) is 7.87. The van der Waals surface area contributed by atoms with Crippen LogP contribution < -0.4 is 20.7 Å². The van der Waals surface area contributed by atoms with Crippen molar-refractivity contribution in [2.24, 2.45) is 16.5 Å². The van der Waals surface area contributed by atoms with Gasteiger partial charge >= 0.3 is 0 Å². The van der Waals surface area contributed by atoms with Crippen molar-refractivity contribution in [2.45, 2.75) is 129 Å². The summed E-state index contributed by atoms with van der Waals surface area (Å²) >= 11 is 0. The van der Waals surface area contributed by atoms with E-state index < -0.39 is 52.6 Å². The Labute approximate surface area is 322 Å². The third-order valence-electron chi connectivity index (χ3n) is 11.1. The molecule has 4 amide bonds. The summed E-state index contributed by atoms with van der Waals surface area (Å²) in [5.41, 5.74) is 2.43. The van der Waals surface area contributed by atoms with Gasteiger partial charge in [-0.15, -0.1) is 0 Å². The van der Waals surface area contributed by atoms with Crippen molar-refractivity contribution >= 4 is 35.1 Å². The number of carbonyl (C=O) groups is 5. The van der Waals surface area contributed by atoms with Gasteiger partial charge < -0.3 is 30.4 Å². The second kappa shape index (κ2) is 15.7. The van der Waals surface area contributed by atoms with E-state index in [1.807, 2.05) is 60.6 Å². The number of benzene rings is 2. The third-order valence-corrected chi connectivity index (χ3v) is 11.1. The summed E-state index contributed by atoms with van der Waals surface area (Å²) in [6.45, 7) is 13.8. The second-order valence-corrected chi connectivity index (χ2v) is 16.8. The minimum Gasteiger partial charge on any atom is -0.493 e. The van der Waals surface area contributed by atoms with Crippen LogP contribution in [0.5, 0.6) is 5.75 Å². The highest BCUT2D eigenvalue weighted by atomic mass is 19.1. The first kappa shape index (κ1) is 39.9. The number of hydrogen-bond acceptors (Lipinski definition) is 8. The lowest BCUT2D eigenvalue weighted by atomic mass is 9.85. The van der Waals surface area contributed by atoms with Gasteiger partial charge in [-0.2, -0.15) is 0 Å². The minimum absolute atomic E-state index is 0.00452. The van der Waals surface area contributed by atoms with E-state index in [2.05, 4.69) is 21.1 Å². The molecule has 55 heavy (non-hydrogen) atoms. The molecule has 2 aromatic rings. The van der Waals surface area contributed by atoms with Crippen molar-refractivity contribution < 1.29 is 37.9 Å². The van der Waals surface area contributed by atoms with E-state index in [4.69, 9.17) is 9.57 Å². The van der Waals surface area contributed by atoms with E-state index in [1.54, 1.807) is 12.1 Å². The molecule has 2 aromatic carbocycles. The molecular weight excluding hydrogens is 705 g/mol. The molecule has 296 valence electrons. The van der Waals surface area contributed by atoms with Gasteiger partial charge in [-0.05, 0) is 98.7 Å². The quantitative estimate of drug-likeness (QED) is 0.235. The number of carbonyl (C=O) groups excluding carboxylic acids is 5. The van der Waals surface area contributed by atoms with Gasteiger partial charge in [0.05, 0.1) is 24.9 Å². The lowest BCUT2D eigenvalue weighted by molar-refractivity contribution is -0.145. The van der Waals surface area contributed by atoms with Gasteiger partial charge in [-0.1, -0.05) is 51.4 Å². The molecule has 0 radical (unpaired) electrons. The van der Waals surface area contributed by atoms with Crippen LogP contribution in [0.4, 0.5) is 4.39 Å². The van der Waals surface area contributed by atoms with E-state index >= 15 is 0 Å². The summed E-state index contributed by atoms with van der Waals surface area (Å²) in [7, 11) is 0. The molecule has 0 bridgehead atoms. The fourth-order valence-corrected chi connectivity index (χ4v) is 7.87. The molecule has 13 heteroatoms. The summed E-state index contributed by atoms with van der Waals surface area (Å²) in [6.07, 6.45) is 3.35. The van der Waals surface area contributed by atoms with Gasteiger partial charge in [0.15, 0.2) is 5.60 Å². The average molecular weight is 760 g/mol. The molecule has 3 N–H and O–H groups in total. The Morgan fingerprint density at radius 1 is 1.02 bits per heavy atom. The molecule has 0 unspecified atom stereocenters. The summed E-state index contributed by atoms with van der Waals surface area (Å²) in [6, 6.07) is 6.85. The highest BCUT2D eigenvalue weighted by Gasteiger charge is 2.56. The van der Waals surface area contributed by atoms with Crippen LogP contribution in [0.25, 0.3) is 0 Å². The molecule has 1 spiro atoms. The summed E-state index contributed by atoms with van der Waals surface area (Å²) in [5, 5.41) is 13.0. The number of Topliss-reactive ketones (excluding diaryl/α,β-unsaturated/α-hetero) is 1. The molecule has 0 aromatic heterocycles. The van der Waals surface area contributed by atoms with E-state index in [-0.39, 0.29) is 49.0 Å². The number of aryl methyl sites for hydroxylation is 2. The van der Waals surface area contributed by atoms with Gasteiger partial charge in [0.1, 0.15) is 23.7 Å². The number of nitrogens with zero attached hydrogens (tertiary/aromatic N) is 2. The molecule has 3 fully saturated rings. The Morgan fingerprint density at radius 2 is 1.69 bits per heavy atom. The van der Waals surface area contributed by atoms with E-state index in [0.717, 1.165) is 40.8 Å². The zero-order valence-corrected chi connectivity index (χ0v) is 32.9. The Hall–Kier alpha value is -4.81. The van der Waals surface area contributed by atoms with Crippen LogP contribution in [0.2, 0.25) is 0 Å². The number of oxime groups is 1. The maximum absolute atomic E-state index is 14.8. The van der Waals surface area contributed by atoms with Gasteiger partial charge in [-0.25, -0.2) is 4.39 Å². The molecule has 2 heterocycles. The van der Waals surface area contributed by atoms with Crippen molar-refractivity contribution in [3.63, 3.8) is 0 Å². The Morgan fingerprint density at radius 3 is 2.29 bits per heavy atom. The van der Waals surface area contributed by atoms with Gasteiger partial charge in [0, 0.05) is 30.4 Å². The number of hydrogen-bond donors (Lipinski definition) is 3. The number of nitrogens with one attached hydrogen (secondary N) is 3. The monoisotopic (exact) mass is 759 g/mol. The predicted octanol–water partition coefficient (Wildman–Crippen LogP) is 4.77. The molecule has 12 nitrogen and oxygen atoms in total. The van der Waals surface area contributed by atoms with Crippen LogP contribution in [-0.4, -0.2) is 82.9 Å². The predicted molar refractivity (Wildman–Crippen MR) is 204 cm³/mol. The molecule has 2 aliphatic carbocycles. The molecule has 2 aliphatic heterocycles. The summed E-state index contributed by atoms with van der Waals surface area (Å²) < 4.78 is 19.4. The molecule has 6 atom stereocenters. The number of likely N-dealkylation sites (tertiary alicyclic amines) is 1. The minimum atomic E-state index is -1.08. The van der Waals surface area contributed by atoms with Gasteiger partial charge in [0.25, 0.3) is 5.91 Å². The second-order valence-electron chi connectivity index (χ2n) is 16.8. The van der Waals surface area contributed by atoms with Crippen LogP contribution in [0.15, 0.2) is 41.6 Å². The first-order chi connectivity index (χ1) is 26.0. The van der Waals surface area contributed by atoms with Crippen molar-refractivity contribution in [2.75, 3.05) is 13.2 Å². The third kappa shape index (κ3) is 8.86. The lowest BCUT2D eigenvalue weighted by Crippen LogP contribution is -2.59. The van der Waals surface area contributed by atoms with Crippen LogP contribution in [0, 0.1) is 31.0 Å². The Balaban J connectivity index is 1.25. The van der Waals surface area contributed by atoms with Gasteiger partial charge in [0.2, 0.25) is 23.5 Å². The number of ether oxygens (including phenoxy) is 1. The first-order valence-electron chi connectivity index (χ1n) is 19.5. The molecular formula is C42H54FN5O7. The van der Waals surface area contributed by atoms with E-state index in [9.17, 15) is 28.4 Å². The molecule has 2 saturated carbocycles. The van der Waals surface area contributed by atoms with Crippen LogP contribution in [0.3, 0.4) is 0 Å². The highest BCUT2D eigenvalue weighted by Crippen LogP contribution is 2.48. The smallest absolute Gasteiger partial charge is 0.289 e. The molecule has 6 rings (SSSR count). The van der Waals surface area contributed by atoms with Crippen molar-refractivity contribution in [3.8, 4) is 5.75 Å². The van der Waals surface area contributed by atoms with E-state index in [0.29, 0.717) is 31.6 Å². The zero-order valence-electron chi connectivity index (χ0n) is 32.9. The van der Waals surface area contributed by atoms with Crippen LogP contribution >= 0.6 is 0 Å². The zero-order chi connectivity index (χ0) is 39.8. The summed E-state index contributed by atoms with van der Waals surface area (Å²) in [4.78, 5) is 76.5. The standard InChI is InChI=1S/C42H54FN5O7/c1-8-10-31(34(49)39(52)44-28-15-16-28)45-38(51)33-21-42(20-32(47-55-42)26-17-23(3)35(54-9-2)24(4)18-26)22-48(33)40(53)36(41(5,6)7)46-37(50)30-19-29(30)25-11-13-27(43)14-12-25/h11-14,17-18,28-31,33,36H,8-10,15-16,19-22H2,1-7H3,(H,44,52)(H,45,51)(H,46,50)/t29-,30+,31+,33+,36-,42-/m1/s1. The number of amides is 4. The fraction of sp³-hybridized carbons (Fsp3) is 0.571. The van der Waals surface area contributed by atoms with Crippen molar-refractivity contribution in [3.05, 3.63) is 64.5 Å². The van der Waals surface area contributed by atoms with Crippen LogP contribution in [0.1, 0.15) is 108 Å². The van der Waals surface area contributed by atoms with Gasteiger partial charge in [-0.3, -0.25) is 24.0 Å². The van der Waals surface area contributed by atoms with Crippen LogP contribution in [-0.2, 0) is 28.8 Å². The van der Waals surface area contributed by atoms with E-state index in [1.165, 1.54) is 17.0 Å². The maximum atomic E-state index is 14.8. The Bertz CT molecular complexity index is 1850. The van der Waals surface area contributed by atoms with Crippen molar-refractivity contribution in [1.82, 2.24) is 20.9 Å². The average Bonchev–Trinajstić information content (AvgIpc) is 4.05. The number of rotatable bonds is 14. The number of ketones is 1.